The van der Waals surface area contributed by atoms with Gasteiger partial charge < -0.3 is 20.1 Å². The highest BCUT2D eigenvalue weighted by molar-refractivity contribution is 5.87. The molecule has 0 radical (unpaired) electrons. The molecule has 1 aliphatic heterocycles. The summed E-state index contributed by atoms with van der Waals surface area (Å²) < 4.78 is 5.30. The third-order valence-electron chi connectivity index (χ3n) is 6.05. The van der Waals surface area contributed by atoms with Crippen molar-refractivity contribution in [3.05, 3.63) is 49.2 Å². The van der Waals surface area contributed by atoms with E-state index in [-0.39, 0.29) is 11.9 Å². The van der Waals surface area contributed by atoms with E-state index in [1.807, 2.05) is 36.9 Å². The summed E-state index contributed by atoms with van der Waals surface area (Å²) in [6.07, 6.45) is 5.64. The second-order valence-electron chi connectivity index (χ2n) is 8.16. The van der Waals surface area contributed by atoms with Crippen LogP contribution in [0, 0.1) is 6.92 Å². The average Bonchev–Trinajstić information content (AvgIpc) is 3.24. The molecule has 31 heavy (non-hydrogen) atoms. The Morgan fingerprint density at radius 2 is 2.10 bits per heavy atom. The number of hydrogen-bond acceptors (Lipinski definition) is 6. The molecule has 1 aromatic carbocycles. The predicted molar refractivity (Wildman–Crippen MR) is 123 cm³/mol. The van der Waals surface area contributed by atoms with E-state index in [9.17, 15) is 9.90 Å². The van der Waals surface area contributed by atoms with Crippen molar-refractivity contribution in [2.45, 2.75) is 57.2 Å². The van der Waals surface area contributed by atoms with Gasteiger partial charge in [-0.2, -0.15) is 0 Å². The van der Waals surface area contributed by atoms with Crippen LogP contribution in [-0.4, -0.2) is 52.3 Å². The monoisotopic (exact) mass is 424 g/mol. The standard InChI is InChI=1S/C24H32N4O3/c1-6-12-24(30,13-7-2)17(4)26-22(29)21-9-8-14-28(21)23-25-16(3)19-15-18(31-5)10-11-20(19)27-23/h6-7,10-11,15,17,21,30H,1-2,8-9,12-14H2,3-5H3,(H,26,29)/t17-,21+/m0/s1. The minimum Gasteiger partial charge on any atom is -0.497 e. The number of ether oxygens (including phenoxy) is 1. The van der Waals surface area contributed by atoms with Gasteiger partial charge in [0.25, 0.3) is 0 Å². The second kappa shape index (κ2) is 9.47. The number of fused-ring (bicyclic) bond motifs is 1. The van der Waals surface area contributed by atoms with Crippen molar-refractivity contribution in [2.75, 3.05) is 18.6 Å². The Morgan fingerprint density at radius 1 is 1.39 bits per heavy atom. The summed E-state index contributed by atoms with van der Waals surface area (Å²) >= 11 is 0. The van der Waals surface area contributed by atoms with Crippen molar-refractivity contribution < 1.29 is 14.6 Å². The van der Waals surface area contributed by atoms with Crippen LogP contribution in [0.5, 0.6) is 5.75 Å². The molecule has 2 aromatic rings. The van der Waals surface area contributed by atoms with Gasteiger partial charge in [-0.25, -0.2) is 9.97 Å². The zero-order valence-corrected chi connectivity index (χ0v) is 18.6. The van der Waals surface area contributed by atoms with Gasteiger partial charge in [0.05, 0.1) is 30.0 Å². The van der Waals surface area contributed by atoms with E-state index in [4.69, 9.17) is 9.72 Å². The van der Waals surface area contributed by atoms with Crippen molar-refractivity contribution in [3.63, 3.8) is 0 Å². The molecule has 2 N–H and O–H groups in total. The zero-order valence-electron chi connectivity index (χ0n) is 18.6. The van der Waals surface area contributed by atoms with E-state index in [0.29, 0.717) is 31.8 Å². The molecular formula is C24H32N4O3. The fourth-order valence-electron chi connectivity index (χ4n) is 4.16. The quantitative estimate of drug-likeness (QED) is 0.601. The van der Waals surface area contributed by atoms with Crippen LogP contribution >= 0.6 is 0 Å². The smallest absolute Gasteiger partial charge is 0.243 e. The molecular weight excluding hydrogens is 392 g/mol. The number of carbonyl (C=O) groups excluding carboxylic acids is 1. The lowest BCUT2D eigenvalue weighted by atomic mass is 9.88. The highest BCUT2D eigenvalue weighted by atomic mass is 16.5. The van der Waals surface area contributed by atoms with Gasteiger partial charge in [-0.05, 0) is 57.7 Å². The lowest BCUT2D eigenvalue weighted by Crippen LogP contribution is -2.55. The number of nitrogens with one attached hydrogen (secondary N) is 1. The highest BCUT2D eigenvalue weighted by Crippen LogP contribution is 2.28. The van der Waals surface area contributed by atoms with Crippen molar-refractivity contribution in [1.29, 1.82) is 0 Å². The fourth-order valence-corrected chi connectivity index (χ4v) is 4.16. The van der Waals surface area contributed by atoms with Crippen LogP contribution in [0.3, 0.4) is 0 Å². The van der Waals surface area contributed by atoms with E-state index in [1.54, 1.807) is 19.3 Å². The van der Waals surface area contributed by atoms with Crippen molar-refractivity contribution in [1.82, 2.24) is 15.3 Å². The molecule has 1 saturated heterocycles. The van der Waals surface area contributed by atoms with Gasteiger partial charge in [0.1, 0.15) is 11.8 Å². The molecule has 7 nitrogen and oxygen atoms in total. The molecule has 166 valence electrons. The Kier molecular flexibility index (Phi) is 6.95. The topological polar surface area (TPSA) is 87.6 Å². The van der Waals surface area contributed by atoms with E-state index < -0.39 is 11.6 Å². The van der Waals surface area contributed by atoms with Crippen LogP contribution in [0.15, 0.2) is 43.5 Å². The first-order chi connectivity index (χ1) is 14.8. The first-order valence-corrected chi connectivity index (χ1v) is 10.7. The van der Waals surface area contributed by atoms with Gasteiger partial charge in [0.15, 0.2) is 0 Å². The number of amides is 1. The number of nitrogens with zero attached hydrogens (tertiary/aromatic N) is 3. The summed E-state index contributed by atoms with van der Waals surface area (Å²) in [7, 11) is 1.63. The number of benzene rings is 1. The van der Waals surface area contributed by atoms with E-state index in [1.165, 1.54) is 0 Å². The normalized spacial score (nSPS) is 17.4. The third kappa shape index (κ3) is 4.71. The van der Waals surface area contributed by atoms with Crippen LogP contribution < -0.4 is 15.0 Å². The van der Waals surface area contributed by atoms with Crippen LogP contribution in [-0.2, 0) is 4.79 Å². The van der Waals surface area contributed by atoms with Gasteiger partial charge in [0, 0.05) is 11.9 Å². The second-order valence-corrected chi connectivity index (χ2v) is 8.16. The lowest BCUT2D eigenvalue weighted by molar-refractivity contribution is -0.125. The van der Waals surface area contributed by atoms with E-state index in [2.05, 4.69) is 23.5 Å². The number of aliphatic hydroxyl groups is 1. The van der Waals surface area contributed by atoms with Crippen LogP contribution in [0.4, 0.5) is 5.95 Å². The molecule has 0 spiro atoms. The van der Waals surface area contributed by atoms with Gasteiger partial charge in [-0.3, -0.25) is 4.79 Å². The maximum Gasteiger partial charge on any atom is 0.243 e. The van der Waals surface area contributed by atoms with Gasteiger partial charge in [0.2, 0.25) is 11.9 Å². The molecule has 0 unspecified atom stereocenters. The molecule has 0 saturated carbocycles. The Balaban J connectivity index is 1.82. The summed E-state index contributed by atoms with van der Waals surface area (Å²) in [6.45, 7) is 11.9. The summed E-state index contributed by atoms with van der Waals surface area (Å²) in [6, 6.07) is 4.86. The maximum atomic E-state index is 13.1. The summed E-state index contributed by atoms with van der Waals surface area (Å²) in [5, 5.41) is 14.9. The molecule has 1 aliphatic rings. The van der Waals surface area contributed by atoms with E-state index in [0.717, 1.165) is 28.8 Å². The Bertz CT molecular complexity index is 965. The van der Waals surface area contributed by atoms with Gasteiger partial charge in [-0.15, -0.1) is 13.2 Å². The number of hydrogen-bond donors (Lipinski definition) is 2. The summed E-state index contributed by atoms with van der Waals surface area (Å²) in [5.41, 5.74) is 0.538. The predicted octanol–water partition coefficient (Wildman–Crippen LogP) is 3.30. The summed E-state index contributed by atoms with van der Waals surface area (Å²) in [4.78, 5) is 24.5. The average molecular weight is 425 g/mol. The Morgan fingerprint density at radius 3 is 2.74 bits per heavy atom. The molecule has 2 atom stereocenters. The molecule has 1 fully saturated rings. The number of aryl methyl sites for hydroxylation is 1. The van der Waals surface area contributed by atoms with E-state index >= 15 is 0 Å². The summed E-state index contributed by atoms with van der Waals surface area (Å²) in [5.74, 6) is 1.17. The number of methoxy groups -OCH3 is 1. The van der Waals surface area contributed by atoms with Crippen LogP contribution in [0.25, 0.3) is 10.9 Å². The SMILES string of the molecule is C=CCC(O)(CC=C)[C@H](C)NC(=O)[C@H]1CCCN1c1nc(C)c2cc(OC)ccc2n1. The Labute approximate surface area is 183 Å². The molecule has 1 aromatic heterocycles. The first kappa shape index (κ1) is 22.7. The van der Waals surface area contributed by atoms with Crippen LogP contribution in [0.2, 0.25) is 0 Å². The highest BCUT2D eigenvalue weighted by Gasteiger charge is 2.37. The Hall–Kier alpha value is -2.93. The maximum absolute atomic E-state index is 13.1. The lowest BCUT2D eigenvalue weighted by Gasteiger charge is -2.34. The molecule has 0 aliphatic carbocycles. The van der Waals surface area contributed by atoms with Gasteiger partial charge >= 0.3 is 0 Å². The molecule has 3 rings (SSSR count). The van der Waals surface area contributed by atoms with Crippen molar-refractivity contribution in [3.8, 4) is 5.75 Å². The van der Waals surface area contributed by atoms with Crippen molar-refractivity contribution in [2.24, 2.45) is 0 Å². The molecule has 7 heteroatoms. The number of rotatable bonds is 9. The molecule has 2 heterocycles. The largest absolute Gasteiger partial charge is 0.497 e. The minimum absolute atomic E-state index is 0.132. The van der Waals surface area contributed by atoms with Gasteiger partial charge in [-0.1, -0.05) is 12.2 Å². The number of carbonyl (C=O) groups is 1. The number of aromatic nitrogens is 2. The fraction of sp³-hybridized carbons (Fsp3) is 0.458. The third-order valence-corrected chi connectivity index (χ3v) is 6.05. The molecule has 0 bridgehead atoms. The molecule has 1 amide bonds. The number of anilines is 1. The minimum atomic E-state index is -1.11. The van der Waals surface area contributed by atoms with Crippen molar-refractivity contribution >= 4 is 22.8 Å². The first-order valence-electron chi connectivity index (χ1n) is 10.7. The zero-order chi connectivity index (χ0) is 22.6. The van der Waals surface area contributed by atoms with Crippen LogP contribution in [0.1, 0.15) is 38.3 Å².